The van der Waals surface area contributed by atoms with Crippen molar-refractivity contribution in [3.63, 3.8) is 0 Å². The number of hydrogen-bond acceptors (Lipinski definition) is 6. The van der Waals surface area contributed by atoms with Crippen molar-refractivity contribution in [2.45, 2.75) is 19.1 Å². The van der Waals surface area contributed by atoms with Gasteiger partial charge in [-0.2, -0.15) is 0 Å². The highest BCUT2D eigenvalue weighted by atomic mass is 16.5. The van der Waals surface area contributed by atoms with Gasteiger partial charge in [0.15, 0.2) is 5.76 Å². The molecule has 0 aliphatic heterocycles. The molecule has 1 amide bonds. The number of rotatable bonds is 9. The molecule has 0 aliphatic carbocycles. The SMILES string of the molecule is COC(=O)CC(COCc1ccccc1)NC(=O)c1cc2cc(OC)ccc2o1. The summed E-state index contributed by atoms with van der Waals surface area (Å²) in [7, 11) is 2.88. The van der Waals surface area contributed by atoms with Crippen LogP contribution in [0.4, 0.5) is 0 Å². The number of benzene rings is 2. The van der Waals surface area contributed by atoms with Crippen LogP contribution in [-0.2, 0) is 20.9 Å². The average molecular weight is 397 g/mol. The average Bonchev–Trinajstić information content (AvgIpc) is 3.17. The van der Waals surface area contributed by atoms with Crippen LogP contribution in [0.25, 0.3) is 11.0 Å². The number of hydrogen-bond donors (Lipinski definition) is 1. The van der Waals surface area contributed by atoms with Gasteiger partial charge in [-0.25, -0.2) is 0 Å². The van der Waals surface area contributed by atoms with Gasteiger partial charge in [0, 0.05) is 5.39 Å². The lowest BCUT2D eigenvalue weighted by Crippen LogP contribution is -2.39. The van der Waals surface area contributed by atoms with E-state index in [1.54, 1.807) is 31.4 Å². The number of fused-ring (bicyclic) bond motifs is 1. The smallest absolute Gasteiger partial charge is 0.307 e. The second kappa shape index (κ2) is 9.75. The van der Waals surface area contributed by atoms with Crippen LogP contribution in [-0.4, -0.2) is 38.7 Å². The minimum atomic E-state index is -0.554. The molecule has 0 saturated carbocycles. The third-order valence-electron chi connectivity index (χ3n) is 4.35. The number of carbonyl (C=O) groups is 2. The Bertz CT molecular complexity index is 966. The number of esters is 1. The fourth-order valence-electron chi connectivity index (χ4n) is 2.85. The highest BCUT2D eigenvalue weighted by molar-refractivity contribution is 5.96. The summed E-state index contributed by atoms with van der Waals surface area (Å²) < 4.78 is 21.2. The molecule has 0 spiro atoms. The van der Waals surface area contributed by atoms with Gasteiger partial charge in [-0.15, -0.1) is 0 Å². The molecule has 3 aromatic rings. The minimum absolute atomic E-state index is 0.00885. The van der Waals surface area contributed by atoms with E-state index in [9.17, 15) is 9.59 Å². The molecular formula is C22H23NO6. The minimum Gasteiger partial charge on any atom is -0.497 e. The van der Waals surface area contributed by atoms with E-state index in [2.05, 4.69) is 5.32 Å². The number of nitrogens with one attached hydrogen (secondary N) is 1. The Morgan fingerprint density at radius 2 is 1.86 bits per heavy atom. The van der Waals surface area contributed by atoms with E-state index in [4.69, 9.17) is 18.6 Å². The normalized spacial score (nSPS) is 11.8. The van der Waals surface area contributed by atoms with Crippen molar-refractivity contribution >= 4 is 22.8 Å². The van der Waals surface area contributed by atoms with Crippen LogP contribution >= 0.6 is 0 Å². The molecule has 0 radical (unpaired) electrons. The lowest BCUT2D eigenvalue weighted by Gasteiger charge is -2.17. The van der Waals surface area contributed by atoms with Gasteiger partial charge >= 0.3 is 5.97 Å². The van der Waals surface area contributed by atoms with Crippen LogP contribution in [0.15, 0.2) is 59.0 Å². The van der Waals surface area contributed by atoms with Gasteiger partial charge in [-0.3, -0.25) is 9.59 Å². The summed E-state index contributed by atoms with van der Waals surface area (Å²) in [6.07, 6.45) is -0.00885. The lowest BCUT2D eigenvalue weighted by atomic mass is 10.2. The summed E-state index contributed by atoms with van der Waals surface area (Å²) in [5.41, 5.74) is 1.57. The van der Waals surface area contributed by atoms with Crippen LogP contribution in [0.2, 0.25) is 0 Å². The van der Waals surface area contributed by atoms with Crippen molar-refractivity contribution in [1.29, 1.82) is 0 Å². The van der Waals surface area contributed by atoms with Gasteiger partial charge in [0.1, 0.15) is 11.3 Å². The summed E-state index contributed by atoms with van der Waals surface area (Å²) in [5.74, 6) is -0.0559. The summed E-state index contributed by atoms with van der Waals surface area (Å²) in [4.78, 5) is 24.4. The van der Waals surface area contributed by atoms with Gasteiger partial charge in [0.25, 0.3) is 5.91 Å². The summed E-state index contributed by atoms with van der Waals surface area (Å²) in [6.45, 7) is 0.530. The van der Waals surface area contributed by atoms with Gasteiger partial charge in [0.05, 0.1) is 39.9 Å². The fraction of sp³-hybridized carbons (Fsp3) is 0.273. The highest BCUT2D eigenvalue weighted by Gasteiger charge is 2.20. The van der Waals surface area contributed by atoms with Gasteiger partial charge < -0.3 is 23.9 Å². The predicted octanol–water partition coefficient (Wildman–Crippen LogP) is 3.32. The Morgan fingerprint density at radius 3 is 2.59 bits per heavy atom. The van der Waals surface area contributed by atoms with Crippen molar-refractivity contribution in [3.05, 3.63) is 65.9 Å². The Labute approximate surface area is 168 Å². The summed E-state index contributed by atoms with van der Waals surface area (Å²) >= 11 is 0. The van der Waals surface area contributed by atoms with Crippen LogP contribution in [0.3, 0.4) is 0 Å². The van der Waals surface area contributed by atoms with Crippen molar-refractivity contribution < 1.29 is 28.2 Å². The first-order chi connectivity index (χ1) is 14.1. The van der Waals surface area contributed by atoms with E-state index in [0.717, 1.165) is 10.9 Å². The molecule has 0 saturated heterocycles. The Hall–Kier alpha value is -3.32. The number of furan rings is 1. The first kappa shape index (κ1) is 20.4. The Kier molecular flexibility index (Phi) is 6.86. The van der Waals surface area contributed by atoms with Crippen LogP contribution in [0.1, 0.15) is 22.5 Å². The summed E-state index contributed by atoms with van der Waals surface area (Å²) in [5, 5.41) is 3.53. The van der Waals surface area contributed by atoms with Crippen molar-refractivity contribution in [1.82, 2.24) is 5.32 Å². The maximum atomic E-state index is 12.6. The van der Waals surface area contributed by atoms with Gasteiger partial charge in [-0.05, 0) is 29.8 Å². The number of methoxy groups -OCH3 is 2. The molecule has 7 heteroatoms. The quantitative estimate of drug-likeness (QED) is 0.558. The monoisotopic (exact) mass is 397 g/mol. The molecule has 3 rings (SSSR count). The molecule has 1 atom stereocenters. The summed E-state index contributed by atoms with van der Waals surface area (Å²) in [6, 6.07) is 16.0. The molecule has 0 bridgehead atoms. The topological polar surface area (TPSA) is 87.0 Å². The third kappa shape index (κ3) is 5.58. The second-order valence-corrected chi connectivity index (χ2v) is 6.47. The number of carbonyl (C=O) groups excluding carboxylic acids is 2. The van der Waals surface area contributed by atoms with Gasteiger partial charge in [-0.1, -0.05) is 30.3 Å². The van der Waals surface area contributed by atoms with E-state index in [1.165, 1.54) is 7.11 Å². The molecule has 152 valence electrons. The standard InChI is InChI=1S/C22H23NO6/c1-26-18-8-9-19-16(10-18)11-20(29-19)22(25)23-17(12-21(24)27-2)14-28-13-15-6-4-3-5-7-15/h3-11,17H,12-14H2,1-2H3,(H,23,25). The molecule has 1 N–H and O–H groups in total. The zero-order valence-electron chi connectivity index (χ0n) is 16.3. The number of amides is 1. The van der Waals surface area contributed by atoms with E-state index >= 15 is 0 Å². The highest BCUT2D eigenvalue weighted by Crippen LogP contribution is 2.24. The predicted molar refractivity (Wildman–Crippen MR) is 107 cm³/mol. The van der Waals surface area contributed by atoms with E-state index in [0.29, 0.717) is 17.9 Å². The molecular weight excluding hydrogens is 374 g/mol. The van der Waals surface area contributed by atoms with Crippen LogP contribution in [0.5, 0.6) is 5.75 Å². The first-order valence-corrected chi connectivity index (χ1v) is 9.16. The lowest BCUT2D eigenvalue weighted by molar-refractivity contribution is -0.141. The van der Waals surface area contributed by atoms with Crippen LogP contribution < -0.4 is 10.1 Å². The third-order valence-corrected chi connectivity index (χ3v) is 4.35. The molecule has 7 nitrogen and oxygen atoms in total. The maximum absolute atomic E-state index is 12.6. The van der Waals surface area contributed by atoms with E-state index in [-0.39, 0.29) is 18.8 Å². The molecule has 1 heterocycles. The zero-order valence-corrected chi connectivity index (χ0v) is 16.3. The van der Waals surface area contributed by atoms with Crippen molar-refractivity contribution in [2.75, 3.05) is 20.8 Å². The van der Waals surface area contributed by atoms with Crippen molar-refractivity contribution in [2.24, 2.45) is 0 Å². The molecule has 29 heavy (non-hydrogen) atoms. The molecule has 1 aromatic heterocycles. The van der Waals surface area contributed by atoms with Crippen LogP contribution in [0, 0.1) is 0 Å². The fourth-order valence-corrected chi connectivity index (χ4v) is 2.85. The van der Waals surface area contributed by atoms with E-state index < -0.39 is 17.9 Å². The van der Waals surface area contributed by atoms with Crippen molar-refractivity contribution in [3.8, 4) is 5.75 Å². The molecule has 0 aliphatic rings. The van der Waals surface area contributed by atoms with Gasteiger partial charge in [0.2, 0.25) is 0 Å². The Morgan fingerprint density at radius 1 is 1.07 bits per heavy atom. The maximum Gasteiger partial charge on any atom is 0.307 e. The molecule has 1 unspecified atom stereocenters. The largest absolute Gasteiger partial charge is 0.497 e. The van der Waals surface area contributed by atoms with E-state index in [1.807, 2.05) is 30.3 Å². The zero-order chi connectivity index (χ0) is 20.6. The molecule has 0 fully saturated rings. The number of ether oxygens (including phenoxy) is 3. The second-order valence-electron chi connectivity index (χ2n) is 6.47. The molecule has 2 aromatic carbocycles. The Balaban J connectivity index is 1.65. The first-order valence-electron chi connectivity index (χ1n) is 9.16.